The van der Waals surface area contributed by atoms with Crippen LogP contribution in [0.1, 0.15) is 23.4 Å². The fraction of sp³-hybridized carbons (Fsp3) is 0.500. The number of amides is 1. The highest BCUT2D eigenvalue weighted by Gasteiger charge is 2.50. The molecule has 2 aliphatic rings. The van der Waals surface area contributed by atoms with Gasteiger partial charge in [-0.3, -0.25) is 0 Å². The average molecular weight is 571 g/mol. The molecule has 1 atom stereocenters. The number of likely N-dealkylation sites (N-methyl/N-ethyl adjacent to an activating group) is 1. The van der Waals surface area contributed by atoms with Crippen molar-refractivity contribution in [3.8, 4) is 28.4 Å². The number of aryl methyl sites for hydroxylation is 2. The van der Waals surface area contributed by atoms with Gasteiger partial charge in [-0.1, -0.05) is 16.8 Å². The lowest BCUT2D eigenvalue weighted by atomic mass is 9.79. The van der Waals surface area contributed by atoms with Gasteiger partial charge in [-0.05, 0) is 52.4 Å². The summed E-state index contributed by atoms with van der Waals surface area (Å²) in [6.45, 7) is 9.21. The van der Waals surface area contributed by atoms with Crippen molar-refractivity contribution in [2.75, 3.05) is 58.4 Å². The van der Waals surface area contributed by atoms with E-state index in [-0.39, 0.29) is 18.1 Å². The van der Waals surface area contributed by atoms with Crippen LogP contribution in [0.3, 0.4) is 0 Å². The number of anilines is 1. The number of carbonyl (C=O) groups is 1. The molecule has 3 aromatic rings. The fourth-order valence-corrected chi connectivity index (χ4v) is 5.85. The Hall–Kier alpha value is -3.41. The molecule has 0 saturated carbocycles. The Morgan fingerprint density at radius 1 is 1.25 bits per heavy atom. The quantitative estimate of drug-likeness (QED) is 0.414. The van der Waals surface area contributed by atoms with Gasteiger partial charge in [0, 0.05) is 49.3 Å². The Labute approximate surface area is 238 Å². The zero-order chi connectivity index (χ0) is 28.6. The van der Waals surface area contributed by atoms with E-state index in [2.05, 4.69) is 15.4 Å². The topological polar surface area (TPSA) is 126 Å². The number of aromatic nitrogens is 3. The smallest absolute Gasteiger partial charge is 0.409 e. The number of aliphatic hydroxyl groups is 1. The van der Waals surface area contributed by atoms with Crippen LogP contribution in [0.4, 0.5) is 10.6 Å². The lowest BCUT2D eigenvalue weighted by molar-refractivity contribution is 0.0169. The van der Waals surface area contributed by atoms with Crippen LogP contribution in [0, 0.1) is 26.2 Å². The van der Waals surface area contributed by atoms with Crippen molar-refractivity contribution in [3.63, 3.8) is 0 Å². The van der Waals surface area contributed by atoms with Crippen LogP contribution in [-0.4, -0.2) is 90.8 Å². The number of benzene rings is 1. The lowest BCUT2D eigenvalue weighted by Gasteiger charge is -2.46. The number of ether oxygens (including phenoxy) is 2. The highest BCUT2D eigenvalue weighted by atomic mass is 35.5. The molecule has 1 unspecified atom stereocenters. The predicted molar refractivity (Wildman–Crippen MR) is 151 cm³/mol. The molecule has 0 radical (unpaired) electrons. The first-order valence-corrected chi connectivity index (χ1v) is 13.7. The van der Waals surface area contributed by atoms with Crippen molar-refractivity contribution in [1.82, 2.24) is 25.3 Å². The predicted octanol–water partition coefficient (Wildman–Crippen LogP) is 3.61. The number of nitrogens with one attached hydrogen (secondary N) is 1. The van der Waals surface area contributed by atoms with Crippen LogP contribution >= 0.6 is 11.6 Å². The van der Waals surface area contributed by atoms with Crippen LogP contribution in [0.5, 0.6) is 5.75 Å². The molecule has 1 aromatic carbocycles. The number of nitrogens with zero attached hydrogens (tertiary/aromatic N) is 5. The summed E-state index contributed by atoms with van der Waals surface area (Å²) < 4.78 is 16.2. The molecule has 5 rings (SSSR count). The summed E-state index contributed by atoms with van der Waals surface area (Å²) in [7, 11) is 3.18. The zero-order valence-electron chi connectivity index (χ0n) is 23.5. The lowest BCUT2D eigenvalue weighted by Crippen LogP contribution is -2.59. The number of hydrogen-bond donors (Lipinski definition) is 2. The summed E-state index contributed by atoms with van der Waals surface area (Å²) in [4.78, 5) is 26.0. The van der Waals surface area contributed by atoms with Gasteiger partial charge in [-0.15, -0.1) is 0 Å². The molecule has 1 amide bonds. The van der Waals surface area contributed by atoms with Gasteiger partial charge in [0.25, 0.3) is 0 Å². The first-order chi connectivity index (χ1) is 19.1. The maximum atomic E-state index is 12.0. The van der Waals surface area contributed by atoms with E-state index < -0.39 is 6.10 Å². The van der Waals surface area contributed by atoms with E-state index in [0.29, 0.717) is 47.6 Å². The van der Waals surface area contributed by atoms with Crippen LogP contribution < -0.4 is 15.0 Å². The van der Waals surface area contributed by atoms with Gasteiger partial charge < -0.3 is 34.2 Å². The first-order valence-electron chi connectivity index (χ1n) is 13.3. The van der Waals surface area contributed by atoms with Crippen LogP contribution in [0.15, 0.2) is 22.7 Å². The van der Waals surface area contributed by atoms with Gasteiger partial charge in [0.1, 0.15) is 30.0 Å². The Morgan fingerprint density at radius 2 is 2.02 bits per heavy atom. The van der Waals surface area contributed by atoms with E-state index in [0.717, 1.165) is 47.8 Å². The molecule has 1 spiro atoms. The Kier molecular flexibility index (Phi) is 7.89. The minimum atomic E-state index is -0.651. The Morgan fingerprint density at radius 3 is 2.70 bits per heavy atom. The number of hydrogen-bond acceptors (Lipinski definition) is 10. The summed E-state index contributed by atoms with van der Waals surface area (Å²) in [6, 6.07) is 5.30. The molecule has 2 aromatic heterocycles. The Bertz CT molecular complexity index is 1390. The molecule has 40 heavy (non-hydrogen) atoms. The normalized spacial score (nSPS) is 16.8. The molecule has 4 heterocycles. The maximum absolute atomic E-state index is 12.0. The van der Waals surface area contributed by atoms with Crippen molar-refractivity contribution < 1.29 is 23.9 Å². The van der Waals surface area contributed by atoms with Crippen LogP contribution in [0.25, 0.3) is 22.6 Å². The zero-order valence-corrected chi connectivity index (χ0v) is 24.2. The fourth-order valence-electron chi connectivity index (χ4n) is 5.65. The second-order valence-corrected chi connectivity index (χ2v) is 11.1. The number of carbonyl (C=O) groups excluding carboxylic acids is 1. The van der Waals surface area contributed by atoms with Crippen molar-refractivity contribution in [2.45, 2.75) is 33.3 Å². The summed E-state index contributed by atoms with van der Waals surface area (Å²) in [5.41, 5.74) is 3.84. The van der Waals surface area contributed by atoms with E-state index in [4.69, 9.17) is 35.6 Å². The van der Waals surface area contributed by atoms with Gasteiger partial charge in [0.2, 0.25) is 0 Å². The second-order valence-electron chi connectivity index (χ2n) is 10.7. The van der Waals surface area contributed by atoms with Crippen LogP contribution in [-0.2, 0) is 4.74 Å². The summed E-state index contributed by atoms with van der Waals surface area (Å²) in [5.74, 6) is 2.48. The largest absolute Gasteiger partial charge is 0.491 e. The number of rotatable bonds is 8. The molecule has 2 N–H and O–H groups in total. The highest BCUT2D eigenvalue weighted by Crippen LogP contribution is 2.43. The van der Waals surface area contributed by atoms with Gasteiger partial charge in [-0.25, -0.2) is 14.8 Å². The van der Waals surface area contributed by atoms with E-state index in [1.807, 2.05) is 20.8 Å². The number of aliphatic hydroxyl groups excluding tert-OH is 1. The molecule has 2 fully saturated rings. The molecule has 0 bridgehead atoms. The number of halogens is 1. The third-order valence-electron chi connectivity index (χ3n) is 7.67. The van der Waals surface area contributed by atoms with E-state index >= 15 is 0 Å². The van der Waals surface area contributed by atoms with E-state index in [1.54, 1.807) is 30.1 Å². The third-order valence-corrected chi connectivity index (χ3v) is 8.00. The molecule has 2 saturated heterocycles. The third kappa shape index (κ3) is 5.33. The molecular weight excluding hydrogens is 536 g/mol. The SMILES string of the molecule is CNCC(O)COc1ccc(Cl)c(-c2nc(-c3c(C)noc3C)c(C)c(N3CCC4(CN(C(=O)OC)C4)C3)n2)c1. The van der Waals surface area contributed by atoms with Gasteiger partial charge in [-0.2, -0.15) is 0 Å². The number of methoxy groups -OCH3 is 1. The summed E-state index contributed by atoms with van der Waals surface area (Å²) >= 11 is 6.68. The standard InChI is InChI=1S/C28H35ClN6O5/c1-16-24(23-17(2)33-40-18(23)3)31-25(21-10-20(6-7-22(21)29)39-12-19(36)11-30-4)32-26(16)34-9-8-28(13-34)14-35(15-28)27(37)38-5/h6-7,10,19,30,36H,8-9,11-15H2,1-5H3. The second kappa shape index (κ2) is 11.2. The first kappa shape index (κ1) is 28.1. The van der Waals surface area contributed by atoms with Gasteiger partial charge >= 0.3 is 6.09 Å². The van der Waals surface area contributed by atoms with Crippen molar-refractivity contribution in [2.24, 2.45) is 5.41 Å². The minimum Gasteiger partial charge on any atom is -0.491 e. The van der Waals surface area contributed by atoms with E-state index in [1.165, 1.54) is 7.11 Å². The molecule has 214 valence electrons. The minimum absolute atomic E-state index is 0.00845. The monoisotopic (exact) mass is 570 g/mol. The van der Waals surface area contributed by atoms with E-state index in [9.17, 15) is 9.90 Å². The molecule has 12 heteroatoms. The summed E-state index contributed by atoms with van der Waals surface area (Å²) in [6.07, 6.45) is 0.000894. The molecular formula is C28H35ClN6O5. The van der Waals surface area contributed by atoms with Gasteiger partial charge in [0.15, 0.2) is 5.82 Å². The van der Waals surface area contributed by atoms with Crippen molar-refractivity contribution >= 4 is 23.5 Å². The molecule has 2 aliphatic heterocycles. The maximum Gasteiger partial charge on any atom is 0.409 e. The van der Waals surface area contributed by atoms with Crippen molar-refractivity contribution in [3.05, 3.63) is 40.2 Å². The Balaban J connectivity index is 1.52. The van der Waals surface area contributed by atoms with Gasteiger partial charge in [0.05, 0.1) is 29.1 Å². The molecule has 11 nitrogen and oxygen atoms in total. The van der Waals surface area contributed by atoms with Crippen LogP contribution in [0.2, 0.25) is 5.02 Å². The highest BCUT2D eigenvalue weighted by molar-refractivity contribution is 6.33. The van der Waals surface area contributed by atoms with Crippen molar-refractivity contribution in [1.29, 1.82) is 0 Å². The average Bonchev–Trinajstić information content (AvgIpc) is 3.51. The summed E-state index contributed by atoms with van der Waals surface area (Å²) in [5, 5.41) is 17.6. The molecule has 0 aliphatic carbocycles. The number of likely N-dealkylation sites (tertiary alicyclic amines) is 1.